The normalized spacial score (nSPS) is 13.4. The summed E-state index contributed by atoms with van der Waals surface area (Å²) in [5.41, 5.74) is 4.69. The Bertz CT molecular complexity index is 689. The number of aromatic nitrogens is 1. The van der Waals surface area contributed by atoms with Crippen molar-refractivity contribution in [3.05, 3.63) is 47.2 Å². The van der Waals surface area contributed by atoms with Gasteiger partial charge in [0.15, 0.2) is 5.78 Å². The molecule has 3 rings (SSSR count). The molecule has 0 fully saturated rings. The second kappa shape index (κ2) is 3.85. The van der Waals surface area contributed by atoms with Gasteiger partial charge in [0.05, 0.1) is 0 Å². The van der Waals surface area contributed by atoms with Crippen LogP contribution in [0, 0.1) is 11.3 Å². The van der Waals surface area contributed by atoms with Crippen LogP contribution in [0.3, 0.4) is 0 Å². The van der Waals surface area contributed by atoms with Crippen LogP contribution in [0.5, 0.6) is 0 Å². The van der Waals surface area contributed by atoms with Gasteiger partial charge in [-0.15, -0.1) is 0 Å². The number of fused-ring (bicyclic) bond motifs is 1. The molecule has 3 heteroatoms. The van der Waals surface area contributed by atoms with Gasteiger partial charge in [-0.1, -0.05) is 12.1 Å². The van der Waals surface area contributed by atoms with Crippen LogP contribution in [0.15, 0.2) is 30.3 Å². The van der Waals surface area contributed by atoms with Gasteiger partial charge in [0, 0.05) is 24.7 Å². The van der Waals surface area contributed by atoms with Crippen molar-refractivity contribution in [1.29, 1.82) is 5.26 Å². The van der Waals surface area contributed by atoms with Crippen molar-refractivity contribution in [2.75, 3.05) is 0 Å². The van der Waals surface area contributed by atoms with Crippen molar-refractivity contribution in [3.63, 3.8) is 0 Å². The molecule has 1 aliphatic carbocycles. The van der Waals surface area contributed by atoms with Gasteiger partial charge in [-0.05, 0) is 35.7 Å². The lowest BCUT2D eigenvalue weighted by atomic mass is 10.0. The van der Waals surface area contributed by atoms with E-state index in [1.54, 1.807) is 0 Å². The maximum absolute atomic E-state index is 11.6. The van der Waals surface area contributed by atoms with Crippen LogP contribution in [0.4, 0.5) is 0 Å². The number of carbonyl (C=O) groups excluding carboxylic acids is 1. The van der Waals surface area contributed by atoms with Gasteiger partial charge in [0.1, 0.15) is 11.8 Å². The molecule has 3 nitrogen and oxygen atoms in total. The fourth-order valence-corrected chi connectivity index (χ4v) is 2.53. The summed E-state index contributed by atoms with van der Waals surface area (Å²) < 4.78 is 1.87. The maximum atomic E-state index is 11.6. The maximum Gasteiger partial charge on any atom is 0.163 e. The third-order valence-corrected chi connectivity index (χ3v) is 3.56. The van der Waals surface area contributed by atoms with E-state index in [2.05, 4.69) is 12.1 Å². The number of carbonyl (C=O) groups is 1. The minimum atomic E-state index is 0.237. The van der Waals surface area contributed by atoms with Crippen LogP contribution in [-0.2, 0) is 13.5 Å². The Hall–Kier alpha value is -2.34. The lowest BCUT2D eigenvalue weighted by Crippen LogP contribution is -1.96. The molecule has 0 aliphatic heterocycles. The molecule has 1 heterocycles. The molecule has 88 valence electrons. The highest BCUT2D eigenvalue weighted by atomic mass is 16.1. The van der Waals surface area contributed by atoms with Gasteiger partial charge in [0.2, 0.25) is 0 Å². The van der Waals surface area contributed by atoms with E-state index in [1.165, 1.54) is 0 Å². The van der Waals surface area contributed by atoms with Crippen LogP contribution in [0.1, 0.15) is 28.0 Å². The summed E-state index contributed by atoms with van der Waals surface area (Å²) in [5.74, 6) is 0.237. The minimum Gasteiger partial charge on any atom is -0.335 e. The average molecular weight is 236 g/mol. The van der Waals surface area contributed by atoms with Gasteiger partial charge >= 0.3 is 0 Å². The first kappa shape index (κ1) is 10.8. The Balaban J connectivity index is 2.11. The first-order chi connectivity index (χ1) is 8.70. The predicted molar refractivity (Wildman–Crippen MR) is 68.2 cm³/mol. The molecule has 0 unspecified atom stereocenters. The molecule has 0 spiro atoms. The van der Waals surface area contributed by atoms with Gasteiger partial charge in [-0.3, -0.25) is 4.79 Å². The topological polar surface area (TPSA) is 45.8 Å². The standard InChI is InChI=1S/C15H12N2O/c1-17-12(9-16)4-6-14(17)11-2-5-13-10(8-11)3-7-15(13)18/h2,4-6,8H,3,7H2,1H3. The van der Waals surface area contributed by atoms with Crippen molar-refractivity contribution in [1.82, 2.24) is 4.57 Å². The second-order valence-electron chi connectivity index (χ2n) is 4.57. The van der Waals surface area contributed by atoms with Crippen LogP contribution < -0.4 is 0 Å². The minimum absolute atomic E-state index is 0.237. The Morgan fingerprint density at radius 1 is 1.22 bits per heavy atom. The molecular weight excluding hydrogens is 224 g/mol. The SMILES string of the molecule is Cn1c(C#N)ccc1-c1ccc2c(c1)CCC2=O. The number of aryl methyl sites for hydroxylation is 1. The molecule has 18 heavy (non-hydrogen) atoms. The van der Waals surface area contributed by atoms with Crippen molar-refractivity contribution >= 4 is 5.78 Å². The van der Waals surface area contributed by atoms with Crippen molar-refractivity contribution in [2.24, 2.45) is 7.05 Å². The summed E-state index contributed by atoms with van der Waals surface area (Å²) in [6.07, 6.45) is 1.45. The summed E-state index contributed by atoms with van der Waals surface area (Å²) in [6.45, 7) is 0. The summed E-state index contributed by atoms with van der Waals surface area (Å²) >= 11 is 0. The first-order valence-corrected chi connectivity index (χ1v) is 5.93. The molecule has 0 saturated heterocycles. The molecule has 0 saturated carbocycles. The Morgan fingerprint density at radius 2 is 2.06 bits per heavy atom. The Kier molecular flexibility index (Phi) is 2.31. The number of nitrogens with zero attached hydrogens (tertiary/aromatic N) is 2. The van der Waals surface area contributed by atoms with E-state index in [4.69, 9.17) is 5.26 Å². The largest absolute Gasteiger partial charge is 0.335 e. The zero-order chi connectivity index (χ0) is 12.7. The molecule has 0 radical (unpaired) electrons. The zero-order valence-electron chi connectivity index (χ0n) is 10.1. The molecular formula is C15H12N2O. The van der Waals surface area contributed by atoms with E-state index in [-0.39, 0.29) is 5.78 Å². The predicted octanol–water partition coefficient (Wildman–Crippen LogP) is 2.69. The van der Waals surface area contributed by atoms with E-state index in [0.29, 0.717) is 12.1 Å². The molecule has 1 aromatic carbocycles. The summed E-state index contributed by atoms with van der Waals surface area (Å²) in [7, 11) is 1.88. The van der Waals surface area contributed by atoms with E-state index in [0.717, 1.165) is 28.8 Å². The van der Waals surface area contributed by atoms with E-state index in [9.17, 15) is 4.79 Å². The zero-order valence-corrected chi connectivity index (χ0v) is 10.1. The summed E-state index contributed by atoms with van der Waals surface area (Å²) in [5, 5.41) is 8.95. The molecule has 0 atom stereocenters. The number of hydrogen-bond donors (Lipinski definition) is 0. The van der Waals surface area contributed by atoms with E-state index < -0.39 is 0 Å². The molecule has 2 aromatic rings. The number of hydrogen-bond acceptors (Lipinski definition) is 2. The number of ketones is 1. The van der Waals surface area contributed by atoms with E-state index in [1.807, 2.05) is 35.9 Å². The summed E-state index contributed by atoms with van der Waals surface area (Å²) in [4.78, 5) is 11.6. The number of nitriles is 1. The van der Waals surface area contributed by atoms with E-state index >= 15 is 0 Å². The monoisotopic (exact) mass is 236 g/mol. The molecule has 0 amide bonds. The second-order valence-corrected chi connectivity index (χ2v) is 4.57. The van der Waals surface area contributed by atoms with Crippen LogP contribution in [-0.4, -0.2) is 10.4 Å². The van der Waals surface area contributed by atoms with Crippen molar-refractivity contribution in [3.8, 4) is 17.3 Å². The van der Waals surface area contributed by atoms with Crippen LogP contribution in [0.2, 0.25) is 0 Å². The first-order valence-electron chi connectivity index (χ1n) is 5.93. The highest BCUT2D eigenvalue weighted by Crippen LogP contribution is 2.28. The highest BCUT2D eigenvalue weighted by molar-refractivity contribution is 6.00. The average Bonchev–Trinajstić information content (AvgIpc) is 2.93. The fraction of sp³-hybridized carbons (Fsp3) is 0.200. The number of rotatable bonds is 1. The Morgan fingerprint density at radius 3 is 2.78 bits per heavy atom. The highest BCUT2D eigenvalue weighted by Gasteiger charge is 2.20. The molecule has 1 aromatic heterocycles. The van der Waals surface area contributed by atoms with Crippen LogP contribution in [0.25, 0.3) is 11.3 Å². The van der Waals surface area contributed by atoms with Crippen molar-refractivity contribution < 1.29 is 4.79 Å². The quantitative estimate of drug-likeness (QED) is 0.764. The third kappa shape index (κ3) is 1.46. The van der Waals surface area contributed by atoms with Crippen LogP contribution >= 0.6 is 0 Å². The smallest absolute Gasteiger partial charge is 0.163 e. The van der Waals surface area contributed by atoms with Crippen molar-refractivity contribution in [2.45, 2.75) is 12.8 Å². The third-order valence-electron chi connectivity index (χ3n) is 3.56. The number of Topliss-reactive ketones (excluding diaryl/α,β-unsaturated/α-hetero) is 1. The molecule has 0 bridgehead atoms. The Labute approximate surface area is 105 Å². The van der Waals surface area contributed by atoms with Gasteiger partial charge in [-0.25, -0.2) is 0 Å². The lowest BCUT2D eigenvalue weighted by molar-refractivity contribution is 0.0994. The lowest BCUT2D eigenvalue weighted by Gasteiger charge is -2.06. The molecule has 0 N–H and O–H groups in total. The van der Waals surface area contributed by atoms with Gasteiger partial charge < -0.3 is 4.57 Å². The summed E-state index contributed by atoms with van der Waals surface area (Å²) in [6, 6.07) is 11.8. The fourth-order valence-electron chi connectivity index (χ4n) is 2.53. The molecule has 1 aliphatic rings. The van der Waals surface area contributed by atoms with Gasteiger partial charge in [0.25, 0.3) is 0 Å². The number of benzene rings is 1. The van der Waals surface area contributed by atoms with Gasteiger partial charge in [-0.2, -0.15) is 5.26 Å².